The fourth-order valence-corrected chi connectivity index (χ4v) is 4.64. The molecule has 1 unspecified atom stereocenters. The van der Waals surface area contributed by atoms with Crippen LogP contribution in [0, 0.1) is 5.41 Å². The number of nitrogens with one attached hydrogen (secondary N) is 1. The summed E-state index contributed by atoms with van der Waals surface area (Å²) in [6.45, 7) is 3.99. The van der Waals surface area contributed by atoms with Crippen LogP contribution < -0.4 is 11.1 Å². The number of β-lactam (4-membered cyclic amide) rings is 1. The normalized spacial score (nSPS) is 23.2. The van der Waals surface area contributed by atoms with E-state index >= 15 is 0 Å². The highest BCUT2D eigenvalue weighted by molar-refractivity contribution is 7.13. The number of fused-ring (bicyclic) bond motifs is 1. The van der Waals surface area contributed by atoms with Crippen LogP contribution in [0.25, 0.3) is 6.08 Å². The summed E-state index contributed by atoms with van der Waals surface area (Å²) in [6, 6.07) is 2.25. The maximum atomic E-state index is 12.5. The predicted molar refractivity (Wildman–Crippen MR) is 110 cm³/mol. The zero-order chi connectivity index (χ0) is 21.6. The van der Waals surface area contributed by atoms with Crippen molar-refractivity contribution in [1.29, 1.82) is 0 Å². The fraction of sp³-hybridized carbons (Fsp3) is 0.350. The molecule has 2 aliphatic rings. The van der Waals surface area contributed by atoms with Gasteiger partial charge in [0.1, 0.15) is 6.04 Å². The zero-order valence-electron chi connectivity index (χ0n) is 16.5. The molecule has 9 nitrogen and oxygen atoms in total. The van der Waals surface area contributed by atoms with Gasteiger partial charge in [-0.15, -0.1) is 11.3 Å². The van der Waals surface area contributed by atoms with Gasteiger partial charge in [0.2, 0.25) is 0 Å². The number of nitrogens with zero attached hydrogens (tertiary/aromatic N) is 3. The number of carbonyl (C=O) groups is 3. The highest BCUT2D eigenvalue weighted by atomic mass is 32.1. The molecule has 2 aromatic heterocycles. The molecule has 0 aliphatic carbocycles. The van der Waals surface area contributed by atoms with Crippen molar-refractivity contribution >= 4 is 40.3 Å². The number of aromatic nitrogens is 2. The van der Waals surface area contributed by atoms with Gasteiger partial charge in [-0.05, 0) is 30.0 Å². The van der Waals surface area contributed by atoms with Crippen molar-refractivity contribution in [1.82, 2.24) is 20.2 Å². The van der Waals surface area contributed by atoms with Gasteiger partial charge in [-0.2, -0.15) is 0 Å². The molecule has 2 aliphatic heterocycles. The largest absolute Gasteiger partial charge is 0.480 e. The highest BCUT2D eigenvalue weighted by Gasteiger charge is 2.60. The molecule has 0 saturated carbocycles. The van der Waals surface area contributed by atoms with Crippen LogP contribution in [0.4, 0.5) is 5.13 Å². The van der Waals surface area contributed by atoms with Gasteiger partial charge in [-0.1, -0.05) is 13.8 Å². The third kappa shape index (κ3) is 3.43. The Morgan fingerprint density at radius 2 is 2.20 bits per heavy atom. The van der Waals surface area contributed by atoms with Gasteiger partial charge in [0.05, 0.1) is 29.5 Å². The summed E-state index contributed by atoms with van der Waals surface area (Å²) >= 11 is 1.31. The molecule has 2 atom stereocenters. The Morgan fingerprint density at radius 1 is 1.43 bits per heavy atom. The summed E-state index contributed by atoms with van der Waals surface area (Å²) in [4.78, 5) is 46.2. The molecule has 2 saturated heterocycles. The van der Waals surface area contributed by atoms with Crippen LogP contribution in [0.1, 0.15) is 42.0 Å². The molecule has 2 aromatic rings. The fourth-order valence-electron chi connectivity index (χ4n) is 4.08. The smallest absolute Gasteiger partial charge is 0.327 e. The van der Waals surface area contributed by atoms with Gasteiger partial charge in [0, 0.05) is 17.2 Å². The number of nitrogens with two attached hydrogens (primary N) is 1. The summed E-state index contributed by atoms with van der Waals surface area (Å²) in [7, 11) is 0. The average molecular weight is 427 g/mol. The number of amides is 2. The van der Waals surface area contributed by atoms with E-state index in [4.69, 9.17) is 5.73 Å². The molecule has 30 heavy (non-hydrogen) atoms. The number of carbonyl (C=O) groups excluding carboxylic acids is 2. The van der Waals surface area contributed by atoms with Gasteiger partial charge in [0.15, 0.2) is 5.13 Å². The number of pyridine rings is 1. The van der Waals surface area contributed by atoms with Crippen molar-refractivity contribution in [2.45, 2.75) is 38.9 Å². The van der Waals surface area contributed by atoms with Crippen LogP contribution in [0.2, 0.25) is 0 Å². The summed E-state index contributed by atoms with van der Waals surface area (Å²) in [6.07, 6.45) is 3.70. The lowest BCUT2D eigenvalue weighted by Gasteiger charge is -2.40. The van der Waals surface area contributed by atoms with Crippen molar-refractivity contribution in [3.8, 4) is 0 Å². The van der Waals surface area contributed by atoms with Crippen LogP contribution in [0.5, 0.6) is 0 Å². The van der Waals surface area contributed by atoms with Crippen LogP contribution in [0.15, 0.2) is 29.3 Å². The standard InChI is InChI=1S/C20H21N5O4S/c1-20(2)6-14-13(17(27)25(14)15(20)18(28)29)5-11-4-3-10(7-22-11)16(26)23-8-12-9-30-19(21)24-12/h3-5,7,9,14-15H,6,8H2,1-2H3,(H2,21,24)(H,23,26)(H,28,29)/b13-5+/t14?,15-/m0/s1. The number of aliphatic carboxylic acids is 1. The highest BCUT2D eigenvalue weighted by Crippen LogP contribution is 2.49. The molecule has 156 valence electrons. The quantitative estimate of drug-likeness (QED) is 0.486. The SMILES string of the molecule is CC1(C)CC2/C(=C\c3ccc(C(=O)NCc4csc(N)n4)cn3)C(=O)N2[C@H]1C(=O)O. The van der Waals surface area contributed by atoms with E-state index in [9.17, 15) is 19.5 Å². The number of anilines is 1. The Morgan fingerprint density at radius 3 is 2.80 bits per heavy atom. The van der Waals surface area contributed by atoms with Crippen LogP contribution >= 0.6 is 11.3 Å². The second-order valence-corrected chi connectivity index (χ2v) is 8.98. The Balaban J connectivity index is 1.44. The third-order valence-electron chi connectivity index (χ3n) is 5.50. The van der Waals surface area contributed by atoms with Crippen molar-refractivity contribution < 1.29 is 19.5 Å². The number of hydrogen-bond acceptors (Lipinski definition) is 7. The van der Waals surface area contributed by atoms with E-state index in [1.807, 2.05) is 13.8 Å². The molecule has 10 heteroatoms. The molecular formula is C20H21N5O4S. The minimum Gasteiger partial charge on any atom is -0.480 e. The topological polar surface area (TPSA) is 139 Å². The maximum Gasteiger partial charge on any atom is 0.327 e. The molecular weight excluding hydrogens is 406 g/mol. The minimum absolute atomic E-state index is 0.219. The van der Waals surface area contributed by atoms with Crippen molar-refractivity contribution in [3.63, 3.8) is 0 Å². The lowest BCUT2D eigenvalue weighted by molar-refractivity contribution is -0.154. The summed E-state index contributed by atoms with van der Waals surface area (Å²) in [5.74, 6) is -1.55. The lowest BCUT2D eigenvalue weighted by atomic mass is 9.83. The second kappa shape index (κ2) is 7.21. The zero-order valence-corrected chi connectivity index (χ0v) is 17.3. The molecule has 2 amide bonds. The first-order valence-electron chi connectivity index (χ1n) is 9.38. The molecule has 4 heterocycles. The van der Waals surface area contributed by atoms with E-state index in [1.54, 1.807) is 23.6 Å². The van der Waals surface area contributed by atoms with Crippen LogP contribution in [-0.4, -0.2) is 49.8 Å². The van der Waals surface area contributed by atoms with Crippen LogP contribution in [-0.2, 0) is 16.1 Å². The predicted octanol–water partition coefficient (Wildman–Crippen LogP) is 1.53. The number of thiazole rings is 1. The Labute approximate surface area is 176 Å². The van der Waals surface area contributed by atoms with E-state index in [0.29, 0.717) is 34.1 Å². The molecule has 4 rings (SSSR count). The number of carboxylic acid groups (broad SMARTS) is 1. The van der Waals surface area contributed by atoms with Crippen molar-refractivity contribution in [3.05, 3.63) is 46.2 Å². The minimum atomic E-state index is -0.983. The summed E-state index contributed by atoms with van der Waals surface area (Å²) < 4.78 is 0. The Bertz CT molecular complexity index is 1060. The van der Waals surface area contributed by atoms with E-state index in [2.05, 4.69) is 15.3 Å². The van der Waals surface area contributed by atoms with Gasteiger partial charge in [-0.25, -0.2) is 9.78 Å². The first-order valence-corrected chi connectivity index (χ1v) is 10.3. The maximum absolute atomic E-state index is 12.5. The summed E-state index contributed by atoms with van der Waals surface area (Å²) in [5, 5.41) is 14.5. The molecule has 0 radical (unpaired) electrons. The van der Waals surface area contributed by atoms with Gasteiger partial charge >= 0.3 is 5.97 Å². The van der Waals surface area contributed by atoms with Gasteiger partial charge in [-0.3, -0.25) is 14.6 Å². The number of hydrogen-bond donors (Lipinski definition) is 3. The van der Waals surface area contributed by atoms with E-state index in [0.717, 1.165) is 0 Å². The molecule has 0 aromatic carbocycles. The van der Waals surface area contributed by atoms with E-state index < -0.39 is 17.4 Å². The molecule has 4 N–H and O–H groups in total. The van der Waals surface area contributed by atoms with Crippen molar-refractivity contribution in [2.75, 3.05) is 5.73 Å². The Kier molecular flexibility index (Phi) is 4.81. The lowest BCUT2D eigenvalue weighted by Crippen LogP contribution is -2.57. The van der Waals surface area contributed by atoms with Gasteiger partial charge < -0.3 is 21.1 Å². The third-order valence-corrected chi connectivity index (χ3v) is 6.22. The monoisotopic (exact) mass is 427 g/mol. The number of nitrogen functional groups attached to an aromatic ring is 1. The van der Waals surface area contributed by atoms with Crippen LogP contribution in [0.3, 0.4) is 0 Å². The average Bonchev–Trinajstić information content (AvgIpc) is 3.22. The van der Waals surface area contributed by atoms with Crippen molar-refractivity contribution in [2.24, 2.45) is 5.41 Å². The second-order valence-electron chi connectivity index (χ2n) is 8.09. The first-order chi connectivity index (χ1) is 14.2. The Hall–Kier alpha value is -3.27. The number of carboxylic acids is 1. The number of rotatable bonds is 5. The first kappa shape index (κ1) is 20.0. The van der Waals surface area contributed by atoms with Gasteiger partial charge in [0.25, 0.3) is 11.8 Å². The molecule has 0 spiro atoms. The summed E-state index contributed by atoms with van der Waals surface area (Å²) in [5.41, 5.74) is 7.24. The molecule has 2 fully saturated rings. The molecule has 0 bridgehead atoms. The van der Waals surface area contributed by atoms with E-state index in [-0.39, 0.29) is 24.4 Å². The van der Waals surface area contributed by atoms with E-state index in [1.165, 1.54) is 22.4 Å².